The van der Waals surface area contributed by atoms with Gasteiger partial charge in [0.15, 0.2) is 0 Å². The average Bonchev–Trinajstić information content (AvgIpc) is 1.43. The maximum Gasteiger partial charge on any atom is 0.245 e. The molecule has 5 heteroatoms. The fourth-order valence-electron chi connectivity index (χ4n) is 0.711. The van der Waals surface area contributed by atoms with Gasteiger partial charge in [-0.05, 0) is 53.3 Å². The van der Waals surface area contributed by atoms with Crippen molar-refractivity contribution in [2.24, 2.45) is 0 Å². The molecular weight excluding hydrogens is 223 g/mol. The van der Waals surface area contributed by atoms with Gasteiger partial charge in [0.25, 0.3) is 0 Å². The smallest absolute Gasteiger partial charge is 0.245 e. The first-order valence-corrected chi connectivity index (χ1v) is 7.95. The van der Waals surface area contributed by atoms with E-state index in [4.69, 9.17) is 20.9 Å². The van der Waals surface area contributed by atoms with Gasteiger partial charge in [-0.1, -0.05) is 12.2 Å². The molecule has 0 radical (unpaired) electrons. The van der Waals surface area contributed by atoms with Crippen molar-refractivity contribution in [2.75, 3.05) is 0 Å². The van der Waals surface area contributed by atoms with Gasteiger partial charge in [-0.2, -0.15) is 0 Å². The molecule has 0 aliphatic heterocycles. The van der Waals surface area contributed by atoms with E-state index in [1.165, 1.54) is 0 Å². The van der Waals surface area contributed by atoms with Crippen molar-refractivity contribution in [3.63, 3.8) is 0 Å². The van der Waals surface area contributed by atoms with Crippen molar-refractivity contribution in [3.8, 4) is 0 Å². The lowest BCUT2D eigenvalue weighted by Gasteiger charge is -2.31. The minimum atomic E-state index is -2.41. The molecule has 0 saturated heterocycles. The first-order chi connectivity index (χ1) is 5.41. The molecule has 13 heavy (non-hydrogen) atoms. The van der Waals surface area contributed by atoms with Gasteiger partial charge in [-0.25, -0.2) is 0 Å². The third kappa shape index (κ3) is 9.23. The first-order valence-electron chi connectivity index (χ1n) is 4.16. The van der Waals surface area contributed by atoms with Gasteiger partial charge in [0.2, 0.25) is 5.69 Å². The molecule has 0 N–H and O–H groups in total. The highest BCUT2D eigenvalue weighted by atomic mass is 32.9. The molecule has 0 heterocycles. The van der Waals surface area contributed by atoms with Gasteiger partial charge in [-0.15, -0.1) is 0 Å². The highest BCUT2D eigenvalue weighted by molar-refractivity contribution is 8.60. The molecule has 2 nitrogen and oxygen atoms in total. The zero-order valence-corrected chi connectivity index (χ0v) is 11.7. The quantitative estimate of drug-likeness (QED) is 0.587. The van der Waals surface area contributed by atoms with Crippen LogP contribution in [-0.4, -0.2) is 11.2 Å². The van der Waals surface area contributed by atoms with E-state index >= 15 is 0 Å². The largest absolute Gasteiger partial charge is 0.316 e. The van der Waals surface area contributed by atoms with Crippen molar-refractivity contribution in [1.29, 1.82) is 0 Å². The third-order valence-electron chi connectivity index (χ3n) is 0.778. The molecule has 0 spiro atoms. The number of thiol groups is 1. The number of rotatable bonds is 2. The second kappa shape index (κ2) is 4.19. The fourth-order valence-corrected chi connectivity index (χ4v) is 4.94. The van der Waals surface area contributed by atoms with Crippen LogP contribution in [0.15, 0.2) is 0 Å². The second-order valence-corrected chi connectivity index (χ2v) is 10.0. The highest BCUT2D eigenvalue weighted by Crippen LogP contribution is 2.58. The molecule has 0 atom stereocenters. The van der Waals surface area contributed by atoms with E-state index in [0.29, 0.717) is 0 Å². The lowest BCUT2D eigenvalue weighted by Crippen LogP contribution is -2.21. The van der Waals surface area contributed by atoms with Gasteiger partial charge in [0.05, 0.1) is 11.2 Å². The minimum absolute atomic E-state index is 0.303. The van der Waals surface area contributed by atoms with E-state index in [-0.39, 0.29) is 11.2 Å². The van der Waals surface area contributed by atoms with E-state index in [1.807, 2.05) is 41.5 Å². The summed E-state index contributed by atoms with van der Waals surface area (Å²) >= 11 is 9.43. The molecule has 0 bridgehead atoms. The Labute approximate surface area is 91.7 Å². The van der Waals surface area contributed by atoms with Crippen molar-refractivity contribution in [1.82, 2.24) is 0 Å². The summed E-state index contributed by atoms with van der Waals surface area (Å²) in [5.74, 6) is 0. The predicted molar refractivity (Wildman–Crippen MR) is 64.9 cm³/mol. The molecule has 0 aromatic carbocycles. The Morgan fingerprint density at radius 1 is 0.923 bits per heavy atom. The van der Waals surface area contributed by atoms with E-state index in [2.05, 4.69) is 12.2 Å². The Morgan fingerprint density at radius 3 is 1.31 bits per heavy atom. The standard InChI is InChI=1S/C8H19O2PS2/c1-7(2,3)9-11(12,13)10-8(4,5)6/h1-6H3,(H,12,13). The van der Waals surface area contributed by atoms with Gasteiger partial charge in [0, 0.05) is 0 Å². The van der Waals surface area contributed by atoms with Crippen LogP contribution in [0.25, 0.3) is 0 Å². The van der Waals surface area contributed by atoms with Crippen molar-refractivity contribution in [2.45, 2.75) is 52.7 Å². The number of hydrogen-bond acceptors (Lipinski definition) is 3. The summed E-state index contributed by atoms with van der Waals surface area (Å²) in [4.78, 5) is 0. The van der Waals surface area contributed by atoms with Crippen LogP contribution in [0.5, 0.6) is 0 Å². The van der Waals surface area contributed by atoms with E-state index < -0.39 is 5.69 Å². The summed E-state index contributed by atoms with van der Waals surface area (Å²) in [7, 11) is 0. The summed E-state index contributed by atoms with van der Waals surface area (Å²) < 4.78 is 11.1. The summed E-state index contributed by atoms with van der Waals surface area (Å²) in [5.41, 5.74) is -3.01. The first kappa shape index (κ1) is 13.9. The van der Waals surface area contributed by atoms with Crippen LogP contribution in [-0.2, 0) is 20.9 Å². The van der Waals surface area contributed by atoms with Crippen molar-refractivity contribution < 1.29 is 9.05 Å². The van der Waals surface area contributed by atoms with Gasteiger partial charge < -0.3 is 9.05 Å². The summed E-state index contributed by atoms with van der Waals surface area (Å²) in [6, 6.07) is 0. The monoisotopic (exact) mass is 242 g/mol. The molecule has 0 rings (SSSR count). The molecule has 0 aliphatic carbocycles. The Morgan fingerprint density at radius 2 is 1.15 bits per heavy atom. The normalized spacial score (nSPS) is 14.7. The molecule has 0 unspecified atom stereocenters. The van der Waals surface area contributed by atoms with Gasteiger partial charge in [0.1, 0.15) is 0 Å². The van der Waals surface area contributed by atoms with E-state index in [1.54, 1.807) is 0 Å². The van der Waals surface area contributed by atoms with Crippen molar-refractivity contribution >= 4 is 29.7 Å². The van der Waals surface area contributed by atoms with Crippen molar-refractivity contribution in [3.05, 3.63) is 0 Å². The van der Waals surface area contributed by atoms with Crippen LogP contribution in [0.2, 0.25) is 0 Å². The van der Waals surface area contributed by atoms with Crippen LogP contribution < -0.4 is 0 Å². The Hall–Kier alpha value is 0.920. The van der Waals surface area contributed by atoms with Crippen LogP contribution in [0.3, 0.4) is 0 Å². The molecule has 0 aromatic heterocycles. The van der Waals surface area contributed by atoms with Crippen LogP contribution >= 0.6 is 17.9 Å². The average molecular weight is 242 g/mol. The summed E-state index contributed by atoms with van der Waals surface area (Å²) in [5, 5.41) is 0. The summed E-state index contributed by atoms with van der Waals surface area (Å²) in [6.45, 7) is 11.6. The van der Waals surface area contributed by atoms with Crippen LogP contribution in [0, 0.1) is 0 Å². The zero-order chi connectivity index (χ0) is 10.9. The number of hydrogen-bond donors (Lipinski definition) is 1. The molecule has 0 saturated carbocycles. The SMILES string of the molecule is CC(C)(C)OP(=S)(S)OC(C)(C)C. The maximum atomic E-state index is 5.57. The lowest BCUT2D eigenvalue weighted by atomic mass is 10.2. The molecule has 0 amide bonds. The zero-order valence-electron chi connectivity index (χ0n) is 9.12. The minimum Gasteiger partial charge on any atom is -0.316 e. The Balaban J connectivity index is 4.35. The maximum absolute atomic E-state index is 5.57. The molecule has 80 valence electrons. The second-order valence-electron chi connectivity index (χ2n) is 4.88. The fraction of sp³-hybridized carbons (Fsp3) is 1.00. The van der Waals surface area contributed by atoms with Crippen LogP contribution in [0.1, 0.15) is 41.5 Å². The van der Waals surface area contributed by atoms with Gasteiger partial charge in [-0.3, -0.25) is 0 Å². The molecule has 0 aromatic rings. The predicted octanol–water partition coefficient (Wildman–Crippen LogP) is 3.77. The third-order valence-corrected chi connectivity index (χ3v) is 3.27. The van der Waals surface area contributed by atoms with E-state index in [0.717, 1.165) is 0 Å². The molecule has 0 aliphatic rings. The Bertz CT molecular complexity index is 195. The van der Waals surface area contributed by atoms with Crippen LogP contribution in [0.4, 0.5) is 0 Å². The Kier molecular flexibility index (Phi) is 4.49. The summed E-state index contributed by atoms with van der Waals surface area (Å²) in [6.07, 6.45) is 0. The van der Waals surface area contributed by atoms with E-state index in [9.17, 15) is 0 Å². The lowest BCUT2D eigenvalue weighted by molar-refractivity contribution is 0.0798. The highest BCUT2D eigenvalue weighted by Gasteiger charge is 2.27. The molecule has 0 fully saturated rings. The van der Waals surface area contributed by atoms with Gasteiger partial charge >= 0.3 is 0 Å². The topological polar surface area (TPSA) is 18.5 Å². The molecular formula is C8H19O2PS2.